The Hall–Kier alpha value is -0.740. The van der Waals surface area contributed by atoms with Gasteiger partial charge >= 0.3 is 0 Å². The van der Waals surface area contributed by atoms with Gasteiger partial charge in [-0.2, -0.15) is 0 Å². The molecule has 48 heavy (non-hydrogen) atoms. The monoisotopic (exact) mass is 681 g/mol. The largest absolute Gasteiger partial charge is 0.393 e. The van der Waals surface area contributed by atoms with Crippen LogP contribution in [0.3, 0.4) is 0 Å². The van der Waals surface area contributed by atoms with Crippen molar-refractivity contribution in [2.24, 2.45) is 23.7 Å². The Morgan fingerprint density at radius 1 is 0.396 bits per heavy atom. The molecule has 0 rings (SSSR count). The number of aliphatic hydroxyl groups is 2. The fourth-order valence-corrected chi connectivity index (χ4v) is 6.84. The fraction of sp³-hybridized carbons (Fsp3) is 0.955. The van der Waals surface area contributed by atoms with Crippen molar-refractivity contribution < 1.29 is 19.8 Å². The molecular formula is C44H88O4. The van der Waals surface area contributed by atoms with E-state index in [9.17, 15) is 19.8 Å². The first-order valence-electron chi connectivity index (χ1n) is 21.3. The molecule has 0 aromatic rings. The zero-order valence-corrected chi connectivity index (χ0v) is 34.0. The zero-order valence-electron chi connectivity index (χ0n) is 34.0. The van der Waals surface area contributed by atoms with Crippen molar-refractivity contribution in [3.05, 3.63) is 0 Å². The lowest BCUT2D eigenvalue weighted by atomic mass is 9.85. The molecule has 4 heteroatoms. The van der Waals surface area contributed by atoms with Crippen molar-refractivity contribution in [3.8, 4) is 0 Å². The van der Waals surface area contributed by atoms with Gasteiger partial charge < -0.3 is 19.8 Å². The lowest BCUT2D eigenvalue weighted by Crippen LogP contribution is -2.17. The van der Waals surface area contributed by atoms with E-state index in [2.05, 4.69) is 41.5 Å². The predicted molar refractivity (Wildman–Crippen MR) is 211 cm³/mol. The van der Waals surface area contributed by atoms with Crippen molar-refractivity contribution in [2.45, 2.75) is 247 Å². The molecule has 4 nitrogen and oxygen atoms in total. The highest BCUT2D eigenvalue weighted by Crippen LogP contribution is 2.26. The molecule has 0 aliphatic rings. The van der Waals surface area contributed by atoms with Crippen LogP contribution < -0.4 is 0 Å². The minimum absolute atomic E-state index is 0.0932. The van der Waals surface area contributed by atoms with E-state index in [0.717, 1.165) is 57.3 Å². The summed E-state index contributed by atoms with van der Waals surface area (Å²) >= 11 is 0. The maximum Gasteiger partial charge on any atom is 0.129 e. The van der Waals surface area contributed by atoms with Crippen LogP contribution in [0.4, 0.5) is 0 Å². The van der Waals surface area contributed by atoms with Gasteiger partial charge in [-0.25, -0.2) is 0 Å². The molecule has 0 bridgehead atoms. The van der Waals surface area contributed by atoms with Crippen LogP contribution in [0, 0.1) is 23.7 Å². The summed E-state index contributed by atoms with van der Waals surface area (Å²) in [5.41, 5.74) is 0. The Balaban J connectivity index is 0. The lowest BCUT2D eigenvalue weighted by molar-refractivity contribution is -0.117. The molecule has 0 aliphatic carbocycles. The molecule has 0 amide bonds. The molecule has 0 heterocycles. The van der Waals surface area contributed by atoms with Crippen molar-refractivity contribution in [1.29, 1.82) is 0 Å². The number of rotatable bonds is 34. The van der Waals surface area contributed by atoms with Crippen LogP contribution in [0.1, 0.15) is 235 Å². The minimum atomic E-state index is -0.101. The predicted octanol–water partition coefficient (Wildman–Crippen LogP) is 13.4. The van der Waals surface area contributed by atoms with Crippen LogP contribution in [0.2, 0.25) is 0 Å². The second-order valence-corrected chi connectivity index (χ2v) is 16.1. The quantitative estimate of drug-likeness (QED) is 0.0663. The van der Waals surface area contributed by atoms with Gasteiger partial charge in [0, 0.05) is 12.8 Å². The van der Waals surface area contributed by atoms with Gasteiger partial charge in [0.05, 0.1) is 12.2 Å². The van der Waals surface area contributed by atoms with E-state index in [1.807, 2.05) is 0 Å². The molecule has 6 atom stereocenters. The van der Waals surface area contributed by atoms with Crippen LogP contribution >= 0.6 is 0 Å². The van der Waals surface area contributed by atoms with Gasteiger partial charge in [-0.3, -0.25) is 0 Å². The Morgan fingerprint density at radius 2 is 0.667 bits per heavy atom. The average Bonchev–Trinajstić information content (AvgIpc) is 3.03. The van der Waals surface area contributed by atoms with Crippen LogP contribution in [0.25, 0.3) is 0 Å². The van der Waals surface area contributed by atoms with Gasteiger partial charge in [0.15, 0.2) is 0 Å². The molecule has 0 aliphatic heterocycles. The third kappa shape index (κ3) is 36.5. The van der Waals surface area contributed by atoms with Gasteiger partial charge in [0.25, 0.3) is 0 Å². The molecule has 0 radical (unpaired) electrons. The highest BCUT2D eigenvalue weighted by molar-refractivity contribution is 5.75. The first-order chi connectivity index (χ1) is 22.9. The molecule has 0 aromatic carbocycles. The van der Waals surface area contributed by atoms with Crippen LogP contribution in [0.5, 0.6) is 0 Å². The first-order valence-corrected chi connectivity index (χ1v) is 21.3. The SMILES string of the molecule is CCCCCCC(O)CC(C)C(C)CCCCCCCC(C)=O.CCCCCCC(O)CC(C)C(C)CCCCCCCCCC(C)=O. The van der Waals surface area contributed by atoms with Crippen LogP contribution in [0.15, 0.2) is 0 Å². The van der Waals surface area contributed by atoms with Crippen molar-refractivity contribution >= 4 is 11.6 Å². The average molecular weight is 681 g/mol. The van der Waals surface area contributed by atoms with E-state index in [-0.39, 0.29) is 12.2 Å². The summed E-state index contributed by atoms with van der Waals surface area (Å²) < 4.78 is 0. The smallest absolute Gasteiger partial charge is 0.129 e. The molecule has 0 saturated carbocycles. The maximum atomic E-state index is 10.9. The normalized spacial score (nSPS) is 15.2. The van der Waals surface area contributed by atoms with Crippen LogP contribution in [-0.2, 0) is 9.59 Å². The van der Waals surface area contributed by atoms with Gasteiger partial charge in [-0.15, -0.1) is 0 Å². The molecule has 0 aromatic heterocycles. The number of carbonyl (C=O) groups is 2. The summed E-state index contributed by atoms with van der Waals surface area (Å²) in [4.78, 5) is 21.7. The third-order valence-corrected chi connectivity index (χ3v) is 10.9. The number of ketones is 2. The van der Waals surface area contributed by atoms with E-state index in [4.69, 9.17) is 0 Å². The Kier molecular flexibility index (Phi) is 37.1. The number of carbonyl (C=O) groups excluding carboxylic acids is 2. The standard InChI is InChI=1S/C23H46O2.C21H42O2/c1-5-6-7-15-18-23(25)19-21(3)20(2)16-13-11-9-8-10-12-14-17-22(4)24;1-5-6-7-13-16-21(23)17-19(3)18(2)14-11-9-8-10-12-15-20(4)22/h20-21,23,25H,5-19H2,1-4H3;18-19,21,23H,5-17H2,1-4H3. The summed E-state index contributed by atoms with van der Waals surface area (Å²) in [5.74, 6) is 3.33. The molecule has 6 unspecified atom stereocenters. The highest BCUT2D eigenvalue weighted by Gasteiger charge is 2.17. The Labute approximate surface area is 301 Å². The maximum absolute atomic E-state index is 10.9. The summed E-state index contributed by atoms with van der Waals surface area (Å²) in [5, 5.41) is 20.3. The summed E-state index contributed by atoms with van der Waals surface area (Å²) in [6.07, 6.45) is 32.8. The second kappa shape index (κ2) is 36.1. The molecule has 0 saturated heterocycles. The molecule has 0 spiro atoms. The van der Waals surface area contributed by atoms with Crippen LogP contribution in [-0.4, -0.2) is 34.0 Å². The fourth-order valence-electron chi connectivity index (χ4n) is 6.84. The topological polar surface area (TPSA) is 74.6 Å². The Morgan fingerprint density at radius 3 is 0.979 bits per heavy atom. The second-order valence-electron chi connectivity index (χ2n) is 16.1. The number of Topliss-reactive ketones (excluding diaryl/α,β-unsaturated/α-hetero) is 2. The lowest BCUT2D eigenvalue weighted by Gasteiger charge is -2.22. The van der Waals surface area contributed by atoms with E-state index >= 15 is 0 Å². The third-order valence-electron chi connectivity index (χ3n) is 10.9. The molecule has 288 valence electrons. The summed E-state index contributed by atoms with van der Waals surface area (Å²) in [6, 6.07) is 0. The van der Waals surface area contributed by atoms with Gasteiger partial charge in [-0.1, -0.05) is 170 Å². The van der Waals surface area contributed by atoms with Crippen molar-refractivity contribution in [2.75, 3.05) is 0 Å². The summed E-state index contributed by atoms with van der Waals surface area (Å²) in [6.45, 7) is 17.1. The summed E-state index contributed by atoms with van der Waals surface area (Å²) in [7, 11) is 0. The van der Waals surface area contributed by atoms with Gasteiger partial charge in [-0.05, 0) is 76.0 Å². The highest BCUT2D eigenvalue weighted by atomic mass is 16.3. The number of aliphatic hydroxyl groups excluding tert-OH is 2. The molecule has 0 fully saturated rings. The molecular weight excluding hydrogens is 592 g/mol. The van der Waals surface area contributed by atoms with E-state index in [1.54, 1.807) is 13.8 Å². The van der Waals surface area contributed by atoms with Crippen molar-refractivity contribution in [3.63, 3.8) is 0 Å². The Bertz CT molecular complexity index is 691. The number of hydrogen-bond acceptors (Lipinski definition) is 4. The first kappa shape index (κ1) is 49.4. The minimum Gasteiger partial charge on any atom is -0.393 e. The van der Waals surface area contributed by atoms with Gasteiger partial charge in [0.1, 0.15) is 11.6 Å². The zero-order chi connectivity index (χ0) is 36.4. The van der Waals surface area contributed by atoms with Gasteiger partial charge in [0.2, 0.25) is 0 Å². The van der Waals surface area contributed by atoms with E-state index in [0.29, 0.717) is 29.3 Å². The number of hydrogen-bond donors (Lipinski definition) is 2. The van der Waals surface area contributed by atoms with Crippen molar-refractivity contribution in [1.82, 2.24) is 0 Å². The van der Waals surface area contributed by atoms with E-state index in [1.165, 1.54) is 128 Å². The number of unbranched alkanes of at least 4 members (excludes halogenated alkanes) is 16. The van der Waals surface area contributed by atoms with E-state index < -0.39 is 0 Å². The molecule has 2 N–H and O–H groups in total.